The van der Waals surface area contributed by atoms with Crippen LogP contribution < -0.4 is 14.8 Å². The summed E-state index contributed by atoms with van der Waals surface area (Å²) < 4.78 is 10.2. The van der Waals surface area contributed by atoms with Crippen LogP contribution in [0, 0.1) is 0 Å². The average Bonchev–Trinajstić information content (AvgIpc) is 2.49. The zero-order valence-electron chi connectivity index (χ0n) is 11.5. The molecule has 20 heavy (non-hydrogen) atoms. The smallest absolute Gasteiger partial charge is 0.200 e. The van der Waals surface area contributed by atoms with Gasteiger partial charge in [0.1, 0.15) is 0 Å². The predicted molar refractivity (Wildman–Crippen MR) is 73.8 cm³/mol. The van der Waals surface area contributed by atoms with Crippen molar-refractivity contribution in [3.63, 3.8) is 0 Å². The number of phenols is 1. The Morgan fingerprint density at radius 1 is 1.15 bits per heavy atom. The third kappa shape index (κ3) is 3.36. The van der Waals surface area contributed by atoms with Crippen molar-refractivity contribution < 1.29 is 14.6 Å². The van der Waals surface area contributed by atoms with E-state index in [2.05, 4.69) is 15.5 Å². The number of nitrogens with zero attached hydrogens (tertiary/aromatic N) is 2. The Morgan fingerprint density at radius 3 is 2.40 bits per heavy atom. The van der Waals surface area contributed by atoms with E-state index in [4.69, 9.17) is 9.47 Å². The molecule has 0 bridgehead atoms. The second-order valence-electron chi connectivity index (χ2n) is 4.17. The van der Waals surface area contributed by atoms with Gasteiger partial charge in [-0.1, -0.05) is 0 Å². The molecule has 0 fully saturated rings. The van der Waals surface area contributed by atoms with Gasteiger partial charge in [-0.25, -0.2) is 0 Å². The Kier molecular flexibility index (Phi) is 4.73. The minimum atomic E-state index is 0.00711. The lowest BCUT2D eigenvalue weighted by Gasteiger charge is -2.11. The van der Waals surface area contributed by atoms with Gasteiger partial charge < -0.3 is 19.9 Å². The lowest BCUT2D eigenvalue weighted by atomic mass is 10.2. The van der Waals surface area contributed by atoms with Gasteiger partial charge in [-0.15, -0.1) is 0 Å². The van der Waals surface area contributed by atoms with Gasteiger partial charge in [0.25, 0.3) is 0 Å². The summed E-state index contributed by atoms with van der Waals surface area (Å²) >= 11 is 0. The van der Waals surface area contributed by atoms with Crippen LogP contribution in [0.15, 0.2) is 30.5 Å². The fourth-order valence-electron chi connectivity index (χ4n) is 1.81. The van der Waals surface area contributed by atoms with Crippen LogP contribution in [-0.2, 0) is 13.1 Å². The Morgan fingerprint density at radius 2 is 1.85 bits per heavy atom. The van der Waals surface area contributed by atoms with Gasteiger partial charge in [-0.3, -0.25) is 0 Å². The zero-order valence-corrected chi connectivity index (χ0v) is 11.5. The van der Waals surface area contributed by atoms with E-state index in [1.54, 1.807) is 18.3 Å². The van der Waals surface area contributed by atoms with E-state index in [1.165, 1.54) is 14.2 Å². The van der Waals surface area contributed by atoms with Crippen LogP contribution in [0.5, 0.6) is 17.2 Å². The Bertz CT molecular complexity index is 536. The number of hydrogen-bond donors (Lipinski definition) is 2. The second-order valence-corrected chi connectivity index (χ2v) is 4.17. The molecule has 0 radical (unpaired) electrons. The highest BCUT2D eigenvalue weighted by Crippen LogP contribution is 2.36. The van der Waals surface area contributed by atoms with Gasteiger partial charge in [0, 0.05) is 19.3 Å². The first-order valence-corrected chi connectivity index (χ1v) is 6.15. The molecule has 0 saturated heterocycles. The molecule has 0 aliphatic carbocycles. The number of benzene rings is 1. The quantitative estimate of drug-likeness (QED) is 0.831. The van der Waals surface area contributed by atoms with E-state index in [1.807, 2.05) is 12.1 Å². The highest BCUT2D eigenvalue weighted by molar-refractivity contribution is 5.52. The molecule has 6 nitrogen and oxygen atoms in total. The summed E-state index contributed by atoms with van der Waals surface area (Å²) in [6, 6.07) is 7.28. The molecule has 0 saturated carbocycles. The van der Waals surface area contributed by atoms with E-state index >= 15 is 0 Å². The number of phenolic OH excluding ortho intramolecular Hbond substituents is 1. The maximum Gasteiger partial charge on any atom is 0.200 e. The summed E-state index contributed by atoms with van der Waals surface area (Å²) in [7, 11) is 3.01. The van der Waals surface area contributed by atoms with Gasteiger partial charge in [0.15, 0.2) is 11.5 Å². The molecule has 2 N–H and O–H groups in total. The standard InChI is InChI=1S/C14H17N3O3/c1-19-12-6-10(7-13(20-2)14(12)18)8-15-9-11-4-3-5-16-17-11/h3-7,15,18H,8-9H2,1-2H3. The van der Waals surface area contributed by atoms with E-state index in [9.17, 15) is 5.11 Å². The number of nitrogens with one attached hydrogen (secondary N) is 1. The number of aromatic nitrogens is 2. The summed E-state index contributed by atoms with van der Waals surface area (Å²) in [4.78, 5) is 0. The van der Waals surface area contributed by atoms with Gasteiger partial charge in [0.05, 0.1) is 19.9 Å². The Balaban J connectivity index is 2.02. The molecular weight excluding hydrogens is 258 g/mol. The van der Waals surface area contributed by atoms with Crippen molar-refractivity contribution in [3.8, 4) is 17.2 Å². The van der Waals surface area contributed by atoms with E-state index < -0.39 is 0 Å². The van der Waals surface area contributed by atoms with Gasteiger partial charge in [-0.05, 0) is 29.8 Å². The summed E-state index contributed by atoms with van der Waals surface area (Å²) in [5.74, 6) is 0.786. The van der Waals surface area contributed by atoms with E-state index in [-0.39, 0.29) is 5.75 Å². The number of hydrogen-bond acceptors (Lipinski definition) is 6. The van der Waals surface area contributed by atoms with Crippen LogP contribution in [-0.4, -0.2) is 29.5 Å². The summed E-state index contributed by atoms with van der Waals surface area (Å²) in [5.41, 5.74) is 1.81. The molecular formula is C14H17N3O3. The molecule has 6 heteroatoms. The fraction of sp³-hybridized carbons (Fsp3) is 0.286. The van der Waals surface area contributed by atoms with Crippen LogP contribution in [0.3, 0.4) is 0 Å². The maximum absolute atomic E-state index is 9.83. The van der Waals surface area contributed by atoms with Gasteiger partial charge >= 0.3 is 0 Å². The molecule has 0 spiro atoms. The number of aromatic hydroxyl groups is 1. The summed E-state index contributed by atoms with van der Waals surface area (Å²) in [6.07, 6.45) is 1.64. The van der Waals surface area contributed by atoms with Crippen molar-refractivity contribution in [2.45, 2.75) is 13.1 Å². The number of ether oxygens (including phenoxy) is 2. The van der Waals surface area contributed by atoms with Crippen molar-refractivity contribution >= 4 is 0 Å². The molecule has 0 aliphatic heterocycles. The second kappa shape index (κ2) is 6.72. The molecule has 0 aliphatic rings. The van der Waals surface area contributed by atoms with Crippen molar-refractivity contribution in [1.29, 1.82) is 0 Å². The lowest BCUT2D eigenvalue weighted by Crippen LogP contribution is -2.14. The molecule has 2 rings (SSSR count). The van der Waals surface area contributed by atoms with Crippen LogP contribution >= 0.6 is 0 Å². The van der Waals surface area contributed by atoms with Crippen molar-refractivity contribution in [3.05, 3.63) is 41.7 Å². The van der Waals surface area contributed by atoms with Crippen LogP contribution in [0.2, 0.25) is 0 Å². The predicted octanol–water partition coefficient (Wildman–Crippen LogP) is 1.49. The summed E-state index contributed by atoms with van der Waals surface area (Å²) in [5, 5.41) is 20.9. The van der Waals surface area contributed by atoms with E-state index in [0.717, 1.165) is 11.3 Å². The van der Waals surface area contributed by atoms with Crippen LogP contribution in [0.4, 0.5) is 0 Å². The third-order valence-electron chi connectivity index (χ3n) is 2.80. The largest absolute Gasteiger partial charge is 0.502 e. The molecule has 0 amide bonds. The molecule has 1 aromatic carbocycles. The first-order chi connectivity index (χ1) is 9.74. The molecule has 1 heterocycles. The SMILES string of the molecule is COc1cc(CNCc2cccnn2)cc(OC)c1O. The first kappa shape index (κ1) is 14.1. The highest BCUT2D eigenvalue weighted by Gasteiger charge is 2.10. The Labute approximate surface area is 117 Å². The molecule has 106 valence electrons. The first-order valence-electron chi connectivity index (χ1n) is 6.15. The van der Waals surface area contributed by atoms with Crippen molar-refractivity contribution in [2.75, 3.05) is 14.2 Å². The fourth-order valence-corrected chi connectivity index (χ4v) is 1.81. The number of methoxy groups -OCH3 is 2. The molecule has 0 atom stereocenters. The monoisotopic (exact) mass is 275 g/mol. The topological polar surface area (TPSA) is 76.5 Å². The third-order valence-corrected chi connectivity index (χ3v) is 2.80. The van der Waals surface area contributed by atoms with Crippen molar-refractivity contribution in [1.82, 2.24) is 15.5 Å². The molecule has 1 aromatic heterocycles. The minimum absolute atomic E-state index is 0.00711. The molecule has 0 unspecified atom stereocenters. The maximum atomic E-state index is 9.83. The molecule has 2 aromatic rings. The highest BCUT2D eigenvalue weighted by atomic mass is 16.5. The van der Waals surface area contributed by atoms with Crippen molar-refractivity contribution in [2.24, 2.45) is 0 Å². The van der Waals surface area contributed by atoms with Gasteiger partial charge in [0.2, 0.25) is 5.75 Å². The van der Waals surface area contributed by atoms with Crippen LogP contribution in [0.25, 0.3) is 0 Å². The normalized spacial score (nSPS) is 10.3. The summed E-state index contributed by atoms with van der Waals surface area (Å²) in [6.45, 7) is 1.21. The average molecular weight is 275 g/mol. The van der Waals surface area contributed by atoms with Crippen LogP contribution in [0.1, 0.15) is 11.3 Å². The Hall–Kier alpha value is -2.34. The van der Waals surface area contributed by atoms with E-state index in [0.29, 0.717) is 24.6 Å². The lowest BCUT2D eigenvalue weighted by molar-refractivity contribution is 0.339. The zero-order chi connectivity index (χ0) is 14.4. The van der Waals surface area contributed by atoms with Gasteiger partial charge in [-0.2, -0.15) is 10.2 Å². The minimum Gasteiger partial charge on any atom is -0.502 e. The number of rotatable bonds is 6.